The van der Waals surface area contributed by atoms with Crippen molar-refractivity contribution in [1.82, 2.24) is 24.7 Å². The van der Waals surface area contributed by atoms with Crippen LogP contribution in [0, 0.1) is 5.41 Å². The summed E-state index contributed by atoms with van der Waals surface area (Å²) in [6, 6.07) is 5.41. The first-order valence-corrected chi connectivity index (χ1v) is 14.0. The number of hydrogen-bond acceptors (Lipinski definition) is 9. The number of methoxy groups -OCH3 is 3. The molecule has 2 aromatic heterocycles. The fourth-order valence-corrected chi connectivity index (χ4v) is 6.43. The fourth-order valence-electron chi connectivity index (χ4n) is 4.92. The minimum Gasteiger partial charge on any atom is -0.494 e. The van der Waals surface area contributed by atoms with Crippen LogP contribution in [0.5, 0.6) is 11.5 Å². The summed E-state index contributed by atoms with van der Waals surface area (Å²) >= 11 is 5.90. The molecule has 10 nitrogen and oxygen atoms in total. The van der Waals surface area contributed by atoms with E-state index in [2.05, 4.69) is 34.0 Å². The van der Waals surface area contributed by atoms with Crippen LogP contribution in [-0.2, 0) is 20.3 Å². The van der Waals surface area contributed by atoms with Crippen molar-refractivity contribution < 1.29 is 22.6 Å². The van der Waals surface area contributed by atoms with Gasteiger partial charge in [-0.3, -0.25) is 4.57 Å². The third-order valence-corrected chi connectivity index (χ3v) is 9.05. The van der Waals surface area contributed by atoms with Crippen molar-refractivity contribution in [1.29, 1.82) is 0 Å². The molecule has 0 bridgehead atoms. The van der Waals surface area contributed by atoms with Gasteiger partial charge in [-0.2, -0.15) is 0 Å². The predicted octanol–water partition coefficient (Wildman–Crippen LogP) is 4.32. The van der Waals surface area contributed by atoms with Crippen molar-refractivity contribution in [2.24, 2.45) is 5.41 Å². The van der Waals surface area contributed by atoms with Crippen molar-refractivity contribution in [3.8, 4) is 17.2 Å². The van der Waals surface area contributed by atoms with Gasteiger partial charge in [0.15, 0.2) is 21.5 Å². The molecule has 0 unspecified atom stereocenters. The maximum atomic E-state index is 13.7. The molecular weight excluding hydrogens is 518 g/mol. The summed E-state index contributed by atoms with van der Waals surface area (Å²) in [5.74, 6) is 1.97. The van der Waals surface area contributed by atoms with E-state index in [1.165, 1.54) is 19.5 Å². The third-order valence-electron chi connectivity index (χ3n) is 6.82. The van der Waals surface area contributed by atoms with Gasteiger partial charge in [0.2, 0.25) is 0 Å². The second kappa shape index (κ2) is 10.5. The summed E-state index contributed by atoms with van der Waals surface area (Å²) in [6.07, 6.45) is 3.74. The SMILES string of the molecule is COc1cccc(OC)c1-n1c(CS(=O)(=O)[C@@H](C)[C@H](OC)c2ncc(Cl)cn2)nnc1C1CC(C)(C)C1. The highest BCUT2D eigenvalue weighted by Crippen LogP contribution is 2.51. The van der Waals surface area contributed by atoms with Crippen LogP contribution < -0.4 is 9.47 Å². The van der Waals surface area contributed by atoms with E-state index in [0.29, 0.717) is 28.0 Å². The monoisotopic (exact) mass is 549 g/mol. The van der Waals surface area contributed by atoms with Crippen LogP contribution in [0.15, 0.2) is 30.6 Å². The van der Waals surface area contributed by atoms with Crippen molar-refractivity contribution in [2.75, 3.05) is 21.3 Å². The molecule has 0 radical (unpaired) electrons. The van der Waals surface area contributed by atoms with E-state index < -0.39 is 21.2 Å². The fraction of sp³-hybridized carbons (Fsp3) is 0.520. The Balaban J connectivity index is 1.77. The second-order valence-corrected chi connectivity index (χ2v) is 12.8. The van der Waals surface area contributed by atoms with Gasteiger partial charge in [-0.25, -0.2) is 18.4 Å². The number of sulfone groups is 1. The van der Waals surface area contributed by atoms with Gasteiger partial charge in [-0.15, -0.1) is 10.2 Å². The Hall–Kier alpha value is -2.76. The van der Waals surface area contributed by atoms with Crippen LogP contribution in [-0.4, -0.2) is 59.7 Å². The van der Waals surface area contributed by atoms with E-state index in [1.54, 1.807) is 37.8 Å². The molecular formula is C25H32ClN5O5S. The molecule has 1 aliphatic carbocycles. The lowest BCUT2D eigenvalue weighted by Crippen LogP contribution is -2.32. The minimum absolute atomic E-state index is 0.125. The van der Waals surface area contributed by atoms with E-state index in [-0.39, 0.29) is 28.7 Å². The summed E-state index contributed by atoms with van der Waals surface area (Å²) in [4.78, 5) is 8.32. The summed E-state index contributed by atoms with van der Waals surface area (Å²) in [6.45, 7) is 5.97. The number of ether oxygens (including phenoxy) is 3. The first-order valence-electron chi connectivity index (χ1n) is 11.9. The lowest BCUT2D eigenvalue weighted by atomic mass is 9.64. The van der Waals surface area contributed by atoms with Crippen LogP contribution in [0.3, 0.4) is 0 Å². The highest BCUT2D eigenvalue weighted by Gasteiger charge is 2.42. The van der Waals surface area contributed by atoms with Crippen LogP contribution in [0.2, 0.25) is 5.02 Å². The van der Waals surface area contributed by atoms with Gasteiger partial charge in [0.1, 0.15) is 34.9 Å². The standard InChI is InChI=1S/C25H32ClN5O5S/c1-15(22(36-6)23-27-12-17(26)13-28-23)37(32,33)14-20-29-30-24(16-10-25(2,3)11-16)31(20)21-18(34-4)8-7-9-19(21)35-5/h7-9,12-13,15-16,22H,10-11,14H2,1-6H3/t15-,22-/m0/s1. The Labute approximate surface area is 222 Å². The molecule has 4 rings (SSSR count). The number of para-hydroxylation sites is 1. The van der Waals surface area contributed by atoms with E-state index in [4.69, 9.17) is 25.8 Å². The Morgan fingerprint density at radius 3 is 2.19 bits per heavy atom. The quantitative estimate of drug-likeness (QED) is 0.364. The lowest BCUT2D eigenvalue weighted by Gasteiger charge is -2.42. The highest BCUT2D eigenvalue weighted by atomic mass is 35.5. The molecule has 2 atom stereocenters. The molecule has 3 aromatic rings. The zero-order chi connectivity index (χ0) is 27.0. The van der Waals surface area contributed by atoms with Crippen LogP contribution in [0.25, 0.3) is 5.69 Å². The van der Waals surface area contributed by atoms with E-state index in [0.717, 1.165) is 12.8 Å². The van der Waals surface area contributed by atoms with E-state index in [1.807, 2.05) is 6.07 Å². The predicted molar refractivity (Wildman–Crippen MR) is 139 cm³/mol. The number of halogens is 1. The Morgan fingerprint density at radius 1 is 1.08 bits per heavy atom. The topological polar surface area (TPSA) is 118 Å². The zero-order valence-electron chi connectivity index (χ0n) is 21.8. The van der Waals surface area contributed by atoms with Gasteiger partial charge in [0.05, 0.1) is 24.5 Å². The second-order valence-electron chi connectivity index (χ2n) is 10.0. The number of rotatable bonds is 10. The van der Waals surface area contributed by atoms with Gasteiger partial charge < -0.3 is 14.2 Å². The summed E-state index contributed by atoms with van der Waals surface area (Å²) in [5.41, 5.74) is 0.747. The van der Waals surface area contributed by atoms with E-state index in [9.17, 15) is 8.42 Å². The molecule has 0 spiro atoms. The van der Waals surface area contributed by atoms with Crippen LogP contribution in [0.1, 0.15) is 63.1 Å². The molecule has 2 heterocycles. The first kappa shape index (κ1) is 27.3. The van der Waals surface area contributed by atoms with Gasteiger partial charge >= 0.3 is 0 Å². The molecule has 1 fully saturated rings. The summed E-state index contributed by atoms with van der Waals surface area (Å²) in [5, 5.41) is 8.21. The average Bonchev–Trinajstić information content (AvgIpc) is 3.25. The lowest BCUT2D eigenvalue weighted by molar-refractivity contribution is 0.0948. The molecule has 0 aliphatic heterocycles. The van der Waals surface area contributed by atoms with Crippen molar-refractivity contribution >= 4 is 21.4 Å². The smallest absolute Gasteiger partial charge is 0.163 e. The molecule has 0 saturated heterocycles. The number of aromatic nitrogens is 5. The van der Waals surface area contributed by atoms with Gasteiger partial charge in [0, 0.05) is 25.4 Å². The minimum atomic E-state index is -3.82. The van der Waals surface area contributed by atoms with Crippen molar-refractivity contribution in [3.63, 3.8) is 0 Å². The Kier molecular flexibility index (Phi) is 7.77. The number of benzene rings is 1. The highest BCUT2D eigenvalue weighted by molar-refractivity contribution is 7.91. The van der Waals surface area contributed by atoms with E-state index >= 15 is 0 Å². The van der Waals surface area contributed by atoms with Crippen LogP contribution in [0.4, 0.5) is 0 Å². The molecule has 12 heteroatoms. The normalized spacial score (nSPS) is 17.2. The van der Waals surface area contributed by atoms with Gasteiger partial charge in [-0.1, -0.05) is 31.5 Å². The van der Waals surface area contributed by atoms with Crippen LogP contribution >= 0.6 is 11.6 Å². The number of hydrogen-bond donors (Lipinski definition) is 0. The Bertz CT molecular complexity index is 1330. The van der Waals surface area contributed by atoms with Gasteiger partial charge in [-0.05, 0) is 37.3 Å². The number of nitrogens with zero attached hydrogens (tertiary/aromatic N) is 5. The maximum absolute atomic E-state index is 13.7. The largest absolute Gasteiger partial charge is 0.494 e. The molecule has 1 aromatic carbocycles. The average molecular weight is 550 g/mol. The van der Waals surface area contributed by atoms with Crippen molar-refractivity contribution in [3.05, 3.63) is 53.1 Å². The molecule has 0 N–H and O–H groups in total. The first-order chi connectivity index (χ1) is 17.5. The molecule has 37 heavy (non-hydrogen) atoms. The molecule has 0 amide bonds. The summed E-state index contributed by atoms with van der Waals surface area (Å²) in [7, 11) is 0.721. The Morgan fingerprint density at radius 2 is 1.68 bits per heavy atom. The maximum Gasteiger partial charge on any atom is 0.163 e. The molecule has 1 saturated carbocycles. The summed E-state index contributed by atoms with van der Waals surface area (Å²) < 4.78 is 46.0. The van der Waals surface area contributed by atoms with Gasteiger partial charge in [0.25, 0.3) is 0 Å². The van der Waals surface area contributed by atoms with Crippen molar-refractivity contribution in [2.45, 2.75) is 56.6 Å². The molecule has 1 aliphatic rings. The molecule has 200 valence electrons. The zero-order valence-corrected chi connectivity index (χ0v) is 23.4. The third kappa shape index (κ3) is 5.44.